The molecule has 2 aromatic rings. The molecule has 0 aliphatic heterocycles. The van der Waals surface area contributed by atoms with Crippen LogP contribution in [0.4, 0.5) is 10.1 Å². The Balaban J connectivity index is 2.08. The Morgan fingerprint density at radius 1 is 1.07 bits per heavy atom. The summed E-state index contributed by atoms with van der Waals surface area (Å²) >= 11 is 0. The fraction of sp³-hybridized carbons (Fsp3) is 0.222. The fourth-order valence-electron chi connectivity index (χ4n) is 2.12. The summed E-state index contributed by atoms with van der Waals surface area (Å²) in [5.74, 6) is -1.97. The largest absolute Gasteiger partial charge is 0.452 e. The Hall–Kier alpha value is -2.98. The summed E-state index contributed by atoms with van der Waals surface area (Å²) < 4.78 is 49.9. The number of esters is 1. The molecule has 150 valence electrons. The number of methoxy groups -OCH3 is 1. The molecule has 0 saturated heterocycles. The molecule has 0 aromatic heterocycles. The van der Waals surface area contributed by atoms with Gasteiger partial charge >= 0.3 is 5.97 Å². The predicted octanol–water partition coefficient (Wildman–Crippen LogP) is 1.55. The standard InChI is InChI=1S/C18H19FN2O6S/c1-26-11-10-20-17(22)12-27-18(23)15-4-2-3-5-16(15)21-28(24,25)14-8-6-13(19)7-9-14/h2-9,21H,10-12H2,1H3,(H,20,22). The van der Waals surface area contributed by atoms with Crippen molar-refractivity contribution in [1.82, 2.24) is 5.32 Å². The number of sulfonamides is 1. The number of rotatable bonds is 9. The van der Waals surface area contributed by atoms with Gasteiger partial charge in [0, 0.05) is 13.7 Å². The average molecular weight is 410 g/mol. The van der Waals surface area contributed by atoms with Gasteiger partial charge in [-0.3, -0.25) is 9.52 Å². The lowest BCUT2D eigenvalue weighted by Crippen LogP contribution is -2.31. The van der Waals surface area contributed by atoms with Gasteiger partial charge in [-0.15, -0.1) is 0 Å². The van der Waals surface area contributed by atoms with Crippen molar-refractivity contribution >= 4 is 27.6 Å². The molecule has 2 N–H and O–H groups in total. The number of halogens is 1. The van der Waals surface area contributed by atoms with Crippen LogP contribution in [-0.2, 0) is 24.3 Å². The Bertz CT molecular complexity index is 931. The Morgan fingerprint density at radius 2 is 1.75 bits per heavy atom. The number of nitrogens with one attached hydrogen (secondary N) is 2. The van der Waals surface area contributed by atoms with Crippen LogP contribution in [0.3, 0.4) is 0 Å². The molecule has 2 rings (SSSR count). The van der Waals surface area contributed by atoms with E-state index in [1.54, 1.807) is 0 Å². The maximum atomic E-state index is 13.0. The maximum Gasteiger partial charge on any atom is 0.340 e. The number of carbonyl (C=O) groups is 2. The van der Waals surface area contributed by atoms with E-state index in [2.05, 4.69) is 10.0 Å². The van der Waals surface area contributed by atoms with Crippen molar-refractivity contribution in [3.05, 3.63) is 59.9 Å². The Morgan fingerprint density at radius 3 is 2.43 bits per heavy atom. The summed E-state index contributed by atoms with van der Waals surface area (Å²) in [5.41, 5.74) is -0.102. The van der Waals surface area contributed by atoms with Gasteiger partial charge < -0.3 is 14.8 Å². The van der Waals surface area contributed by atoms with Gasteiger partial charge in [-0.05, 0) is 36.4 Å². The van der Waals surface area contributed by atoms with Crippen LogP contribution in [0.1, 0.15) is 10.4 Å². The van der Waals surface area contributed by atoms with E-state index < -0.39 is 34.3 Å². The van der Waals surface area contributed by atoms with Crippen molar-refractivity contribution < 1.29 is 31.9 Å². The normalized spacial score (nSPS) is 10.9. The van der Waals surface area contributed by atoms with Crippen LogP contribution in [0.5, 0.6) is 0 Å². The molecule has 1 amide bonds. The van der Waals surface area contributed by atoms with E-state index in [9.17, 15) is 22.4 Å². The lowest BCUT2D eigenvalue weighted by Gasteiger charge is -2.12. The summed E-state index contributed by atoms with van der Waals surface area (Å²) in [6.45, 7) is 0.0518. The van der Waals surface area contributed by atoms with Crippen molar-refractivity contribution in [3.8, 4) is 0 Å². The smallest absolute Gasteiger partial charge is 0.340 e. The van der Waals surface area contributed by atoms with E-state index in [0.717, 1.165) is 24.3 Å². The summed E-state index contributed by atoms with van der Waals surface area (Å²) in [6, 6.07) is 9.99. The SMILES string of the molecule is COCCNC(=O)COC(=O)c1ccccc1NS(=O)(=O)c1ccc(F)cc1. The van der Waals surface area contributed by atoms with Crippen LogP contribution >= 0.6 is 0 Å². The van der Waals surface area contributed by atoms with Crippen LogP contribution in [0.15, 0.2) is 53.4 Å². The van der Waals surface area contributed by atoms with Crippen molar-refractivity contribution in [1.29, 1.82) is 0 Å². The van der Waals surface area contributed by atoms with Gasteiger partial charge in [0.25, 0.3) is 15.9 Å². The Labute approximate surface area is 161 Å². The molecular weight excluding hydrogens is 391 g/mol. The highest BCUT2D eigenvalue weighted by atomic mass is 32.2. The summed E-state index contributed by atoms with van der Waals surface area (Å²) in [7, 11) is -2.57. The van der Waals surface area contributed by atoms with Gasteiger partial charge in [0.2, 0.25) is 0 Å². The first-order chi connectivity index (χ1) is 13.3. The molecule has 28 heavy (non-hydrogen) atoms. The first kappa shape index (κ1) is 21.3. The first-order valence-electron chi connectivity index (χ1n) is 8.13. The van der Waals surface area contributed by atoms with E-state index in [-0.39, 0.29) is 22.7 Å². The maximum absolute atomic E-state index is 13.0. The molecule has 0 radical (unpaired) electrons. The highest BCUT2D eigenvalue weighted by Gasteiger charge is 2.20. The topological polar surface area (TPSA) is 111 Å². The van der Waals surface area contributed by atoms with Crippen molar-refractivity contribution in [2.24, 2.45) is 0 Å². The van der Waals surface area contributed by atoms with E-state index in [0.29, 0.717) is 6.61 Å². The van der Waals surface area contributed by atoms with Crippen LogP contribution < -0.4 is 10.0 Å². The minimum atomic E-state index is -4.05. The number of hydrogen-bond donors (Lipinski definition) is 2. The van der Waals surface area contributed by atoms with E-state index in [1.165, 1.54) is 31.4 Å². The fourth-order valence-corrected chi connectivity index (χ4v) is 3.20. The molecule has 2 aromatic carbocycles. The van der Waals surface area contributed by atoms with Gasteiger partial charge in [-0.2, -0.15) is 0 Å². The molecule has 0 fully saturated rings. The molecule has 0 atom stereocenters. The molecule has 0 spiro atoms. The zero-order valence-corrected chi connectivity index (χ0v) is 15.8. The first-order valence-corrected chi connectivity index (χ1v) is 9.62. The van der Waals surface area contributed by atoms with Crippen LogP contribution in [-0.4, -0.2) is 47.2 Å². The molecule has 0 heterocycles. The third kappa shape index (κ3) is 6.03. The van der Waals surface area contributed by atoms with Crippen molar-refractivity contribution in [2.45, 2.75) is 4.90 Å². The molecule has 8 nitrogen and oxygen atoms in total. The highest BCUT2D eigenvalue weighted by Crippen LogP contribution is 2.21. The molecule has 0 saturated carbocycles. The van der Waals surface area contributed by atoms with E-state index in [4.69, 9.17) is 9.47 Å². The second-order valence-corrected chi connectivity index (χ2v) is 7.21. The number of amides is 1. The van der Waals surface area contributed by atoms with Crippen molar-refractivity contribution in [2.75, 3.05) is 31.6 Å². The van der Waals surface area contributed by atoms with Gasteiger partial charge in [-0.25, -0.2) is 17.6 Å². The van der Waals surface area contributed by atoms with Gasteiger partial charge in [0.15, 0.2) is 6.61 Å². The zero-order chi connectivity index (χ0) is 20.6. The minimum Gasteiger partial charge on any atom is -0.452 e. The zero-order valence-electron chi connectivity index (χ0n) is 15.0. The summed E-state index contributed by atoms with van der Waals surface area (Å²) in [6.07, 6.45) is 0. The van der Waals surface area contributed by atoms with Crippen LogP contribution in [0, 0.1) is 5.82 Å². The lowest BCUT2D eigenvalue weighted by molar-refractivity contribution is -0.124. The quantitative estimate of drug-likeness (QED) is 0.479. The van der Waals surface area contributed by atoms with E-state index in [1.807, 2.05) is 0 Å². The number of para-hydroxylation sites is 1. The molecule has 0 aliphatic carbocycles. The van der Waals surface area contributed by atoms with Crippen LogP contribution in [0.2, 0.25) is 0 Å². The molecule has 10 heteroatoms. The second kappa shape index (κ2) is 9.81. The second-order valence-electron chi connectivity index (χ2n) is 5.52. The van der Waals surface area contributed by atoms with Gasteiger partial charge in [0.1, 0.15) is 5.82 Å². The van der Waals surface area contributed by atoms with Gasteiger partial charge in [0.05, 0.1) is 22.8 Å². The number of carbonyl (C=O) groups excluding carboxylic acids is 2. The number of anilines is 1. The third-order valence-corrected chi connectivity index (χ3v) is 4.86. The number of ether oxygens (including phenoxy) is 2. The molecule has 0 bridgehead atoms. The van der Waals surface area contributed by atoms with Gasteiger partial charge in [-0.1, -0.05) is 12.1 Å². The minimum absolute atomic E-state index is 0.0309. The Kier molecular flexibility index (Phi) is 7.47. The lowest BCUT2D eigenvalue weighted by atomic mass is 10.2. The van der Waals surface area contributed by atoms with Crippen LogP contribution in [0.25, 0.3) is 0 Å². The molecular formula is C18H19FN2O6S. The summed E-state index contributed by atoms with van der Waals surface area (Å²) in [5, 5.41) is 2.49. The van der Waals surface area contributed by atoms with Crippen molar-refractivity contribution in [3.63, 3.8) is 0 Å². The van der Waals surface area contributed by atoms with E-state index >= 15 is 0 Å². The molecule has 0 aliphatic rings. The predicted molar refractivity (Wildman–Crippen MR) is 98.8 cm³/mol. The number of hydrogen-bond acceptors (Lipinski definition) is 6. The average Bonchev–Trinajstić information content (AvgIpc) is 2.67. The summed E-state index contributed by atoms with van der Waals surface area (Å²) in [4.78, 5) is 23.7. The number of benzene rings is 2. The highest BCUT2D eigenvalue weighted by molar-refractivity contribution is 7.92. The third-order valence-electron chi connectivity index (χ3n) is 3.48. The monoisotopic (exact) mass is 410 g/mol. The molecule has 0 unspecified atom stereocenters.